The number of terminal acetylenes is 1. The molecule has 0 N–H and O–H groups in total. The van der Waals surface area contributed by atoms with Crippen molar-refractivity contribution < 1.29 is 18.8 Å². The predicted octanol–water partition coefficient (Wildman–Crippen LogP) is 5.27. The molecule has 0 saturated carbocycles. The molecule has 2 heterocycles. The van der Waals surface area contributed by atoms with Crippen LogP contribution in [0.25, 0.3) is 33.5 Å². The number of nitro benzene ring substituents is 1. The van der Waals surface area contributed by atoms with E-state index in [0.717, 1.165) is 4.68 Å². The Labute approximate surface area is 219 Å². The van der Waals surface area contributed by atoms with Gasteiger partial charge in [-0.25, -0.2) is 4.98 Å². The highest BCUT2D eigenvalue weighted by atomic mass is 35.5. The van der Waals surface area contributed by atoms with Crippen molar-refractivity contribution in [3.63, 3.8) is 0 Å². The zero-order valence-corrected chi connectivity index (χ0v) is 20.5. The molecule has 0 fully saturated rings. The molecule has 0 aliphatic rings. The molecule has 0 radical (unpaired) electrons. The van der Waals surface area contributed by atoms with Gasteiger partial charge in [-0.15, -0.1) is 6.42 Å². The second kappa shape index (κ2) is 10.1. The van der Waals surface area contributed by atoms with Crippen molar-refractivity contribution in [3.05, 3.63) is 91.7 Å². The van der Waals surface area contributed by atoms with Crippen molar-refractivity contribution in [2.24, 2.45) is 5.10 Å². The Balaban J connectivity index is 1.68. The Morgan fingerprint density at radius 3 is 2.79 bits per heavy atom. The molecule has 3 aromatic carbocycles. The fourth-order valence-electron chi connectivity index (χ4n) is 3.90. The third-order valence-corrected chi connectivity index (χ3v) is 5.86. The van der Waals surface area contributed by atoms with Crippen LogP contribution in [0.4, 0.5) is 5.69 Å². The number of aromatic nitrogens is 2. The Morgan fingerprint density at radius 2 is 2.03 bits per heavy atom. The average molecular weight is 529 g/mol. The molecule has 10 nitrogen and oxygen atoms in total. The number of methoxy groups -OCH3 is 1. The van der Waals surface area contributed by atoms with E-state index in [0.29, 0.717) is 27.6 Å². The second-order valence-corrected chi connectivity index (χ2v) is 8.30. The number of furan rings is 1. The van der Waals surface area contributed by atoms with Gasteiger partial charge in [0, 0.05) is 11.6 Å². The quantitative estimate of drug-likeness (QED) is 0.122. The molecule has 0 saturated heterocycles. The molecule has 0 bridgehead atoms. The van der Waals surface area contributed by atoms with Crippen LogP contribution in [0.1, 0.15) is 5.56 Å². The molecule has 5 aromatic rings. The standard InChI is InChI=1S/C27H17ClN4O6/c1-3-11-37-25-19(28)12-16(13-21(25)32(34)35)15-29-31-26(30-20-8-5-4-7-17(20)27(31)33)24-14-18-22(36-2)9-6-10-23(18)38-24/h1,4-10,12-15H,11H2,2H3. The minimum Gasteiger partial charge on any atom is -0.496 e. The summed E-state index contributed by atoms with van der Waals surface area (Å²) in [6, 6.07) is 16.5. The normalized spacial score (nSPS) is 11.2. The summed E-state index contributed by atoms with van der Waals surface area (Å²) in [7, 11) is 1.54. The first kappa shape index (κ1) is 24.5. The molecule has 0 aliphatic carbocycles. The van der Waals surface area contributed by atoms with Gasteiger partial charge in [0.15, 0.2) is 5.76 Å². The van der Waals surface area contributed by atoms with Crippen LogP contribution in [-0.2, 0) is 0 Å². The summed E-state index contributed by atoms with van der Waals surface area (Å²) in [6.45, 7) is -0.197. The van der Waals surface area contributed by atoms with Crippen LogP contribution in [0, 0.1) is 22.5 Å². The number of para-hydroxylation sites is 1. The van der Waals surface area contributed by atoms with E-state index in [2.05, 4.69) is 16.0 Å². The molecule has 0 atom stereocenters. The van der Waals surface area contributed by atoms with E-state index in [1.54, 1.807) is 55.6 Å². The zero-order valence-electron chi connectivity index (χ0n) is 19.8. The summed E-state index contributed by atoms with van der Waals surface area (Å²) >= 11 is 6.24. The van der Waals surface area contributed by atoms with E-state index in [1.165, 1.54) is 18.3 Å². The molecule has 0 spiro atoms. The van der Waals surface area contributed by atoms with Crippen LogP contribution in [0.5, 0.6) is 11.5 Å². The molecule has 0 amide bonds. The highest BCUT2D eigenvalue weighted by Gasteiger charge is 2.21. The van der Waals surface area contributed by atoms with Gasteiger partial charge in [-0.1, -0.05) is 35.7 Å². The smallest absolute Gasteiger partial charge is 0.313 e. The number of hydrogen-bond acceptors (Lipinski definition) is 8. The molecular weight excluding hydrogens is 512 g/mol. The fraction of sp³-hybridized carbons (Fsp3) is 0.0741. The van der Waals surface area contributed by atoms with Gasteiger partial charge in [0.1, 0.15) is 17.9 Å². The summed E-state index contributed by atoms with van der Waals surface area (Å²) in [5.41, 5.74) is 0.348. The van der Waals surface area contributed by atoms with Crippen LogP contribution in [0.3, 0.4) is 0 Å². The van der Waals surface area contributed by atoms with E-state index < -0.39 is 16.2 Å². The number of hydrogen-bond donors (Lipinski definition) is 0. The molecule has 0 aliphatic heterocycles. The van der Waals surface area contributed by atoms with Gasteiger partial charge >= 0.3 is 5.69 Å². The number of nitrogens with zero attached hydrogens (tertiary/aromatic N) is 4. The van der Waals surface area contributed by atoms with Crippen molar-refractivity contribution in [3.8, 4) is 35.4 Å². The summed E-state index contributed by atoms with van der Waals surface area (Å²) in [5.74, 6) is 3.06. The average Bonchev–Trinajstić information content (AvgIpc) is 3.36. The lowest BCUT2D eigenvalue weighted by atomic mass is 10.2. The highest BCUT2D eigenvalue weighted by Crippen LogP contribution is 2.36. The van der Waals surface area contributed by atoms with Gasteiger partial charge in [0.25, 0.3) is 5.56 Å². The number of nitro groups is 1. The van der Waals surface area contributed by atoms with Crippen LogP contribution in [0.2, 0.25) is 5.02 Å². The highest BCUT2D eigenvalue weighted by molar-refractivity contribution is 6.32. The molecule has 5 rings (SSSR count). The maximum absolute atomic E-state index is 13.5. The Hall–Kier alpha value is -5.14. The molecule has 38 heavy (non-hydrogen) atoms. The number of benzene rings is 3. The van der Waals surface area contributed by atoms with Gasteiger partial charge in [-0.05, 0) is 36.4 Å². The first-order valence-electron chi connectivity index (χ1n) is 11.1. The van der Waals surface area contributed by atoms with Crippen molar-refractivity contribution in [2.75, 3.05) is 13.7 Å². The minimum absolute atomic E-state index is 0.0375. The van der Waals surface area contributed by atoms with Crippen molar-refractivity contribution in [1.29, 1.82) is 0 Å². The van der Waals surface area contributed by atoms with Crippen molar-refractivity contribution in [2.45, 2.75) is 0 Å². The van der Waals surface area contributed by atoms with Crippen LogP contribution < -0.4 is 15.0 Å². The lowest BCUT2D eigenvalue weighted by molar-refractivity contribution is -0.385. The first-order chi connectivity index (χ1) is 18.4. The molecule has 11 heteroatoms. The van der Waals surface area contributed by atoms with E-state index in [1.807, 2.05) is 0 Å². The first-order valence-corrected chi connectivity index (χ1v) is 11.5. The minimum atomic E-state index is -0.647. The number of halogens is 1. The number of ether oxygens (including phenoxy) is 2. The number of fused-ring (bicyclic) bond motifs is 2. The molecular formula is C27H17ClN4O6. The van der Waals surface area contributed by atoms with Gasteiger partial charge in [-0.2, -0.15) is 9.78 Å². The third-order valence-electron chi connectivity index (χ3n) is 5.58. The maximum atomic E-state index is 13.5. The van der Waals surface area contributed by atoms with Gasteiger partial charge in [0.05, 0.1) is 39.6 Å². The van der Waals surface area contributed by atoms with E-state index in [9.17, 15) is 14.9 Å². The molecule has 2 aromatic heterocycles. The van der Waals surface area contributed by atoms with E-state index in [-0.39, 0.29) is 34.5 Å². The Kier molecular flexibility index (Phi) is 6.51. The summed E-state index contributed by atoms with van der Waals surface area (Å²) < 4.78 is 17.7. The summed E-state index contributed by atoms with van der Waals surface area (Å²) in [4.78, 5) is 29.1. The largest absolute Gasteiger partial charge is 0.496 e. The topological polar surface area (TPSA) is 122 Å². The Bertz CT molecular complexity index is 1850. The lowest BCUT2D eigenvalue weighted by Crippen LogP contribution is -2.20. The predicted molar refractivity (Wildman–Crippen MR) is 143 cm³/mol. The van der Waals surface area contributed by atoms with Gasteiger partial charge in [0.2, 0.25) is 11.6 Å². The van der Waals surface area contributed by atoms with Crippen LogP contribution >= 0.6 is 11.6 Å². The summed E-state index contributed by atoms with van der Waals surface area (Å²) in [6.07, 6.45) is 6.45. The third kappa shape index (κ3) is 4.42. The zero-order chi connectivity index (χ0) is 26.8. The molecule has 188 valence electrons. The van der Waals surface area contributed by atoms with Crippen molar-refractivity contribution >= 4 is 45.4 Å². The maximum Gasteiger partial charge on any atom is 0.313 e. The summed E-state index contributed by atoms with van der Waals surface area (Å²) in [5, 5.41) is 16.9. The number of rotatable bonds is 7. The Morgan fingerprint density at radius 1 is 1.21 bits per heavy atom. The monoisotopic (exact) mass is 528 g/mol. The lowest BCUT2D eigenvalue weighted by Gasteiger charge is -2.08. The van der Waals surface area contributed by atoms with Crippen molar-refractivity contribution in [1.82, 2.24) is 9.66 Å². The fourth-order valence-corrected chi connectivity index (χ4v) is 4.18. The van der Waals surface area contributed by atoms with E-state index in [4.69, 9.17) is 31.9 Å². The second-order valence-electron chi connectivity index (χ2n) is 7.90. The van der Waals surface area contributed by atoms with Gasteiger partial charge in [-0.3, -0.25) is 14.9 Å². The van der Waals surface area contributed by atoms with Gasteiger partial charge < -0.3 is 13.9 Å². The SMILES string of the molecule is C#CCOc1c(Cl)cc(C=Nn2c(-c3cc4c(OC)cccc4o3)nc3ccccc3c2=O)cc1[N+](=O)[O-]. The molecule has 0 unspecified atom stereocenters. The van der Waals surface area contributed by atoms with Crippen LogP contribution in [-0.4, -0.2) is 34.5 Å². The van der Waals surface area contributed by atoms with Crippen LogP contribution in [0.15, 0.2) is 75.0 Å². The van der Waals surface area contributed by atoms with E-state index >= 15 is 0 Å².